The van der Waals surface area contributed by atoms with Gasteiger partial charge in [-0.3, -0.25) is 0 Å². The summed E-state index contributed by atoms with van der Waals surface area (Å²) in [7, 11) is 2.59. The first-order chi connectivity index (χ1) is 12.8. The Morgan fingerprint density at radius 2 is 1.52 bits per heavy atom. The maximum Gasteiger partial charge on any atom is 0.337 e. The molecule has 0 atom stereocenters. The normalized spacial score (nSPS) is 14.9. The maximum absolute atomic E-state index is 12.1. The summed E-state index contributed by atoms with van der Waals surface area (Å²) >= 11 is 0. The second kappa shape index (κ2) is 7.23. The van der Waals surface area contributed by atoms with Gasteiger partial charge in [0.05, 0.1) is 30.9 Å². The lowest BCUT2D eigenvalue weighted by Gasteiger charge is -2.12. The number of ether oxygens (including phenoxy) is 3. The van der Waals surface area contributed by atoms with Crippen molar-refractivity contribution in [1.82, 2.24) is 0 Å². The molecule has 0 bridgehead atoms. The van der Waals surface area contributed by atoms with Crippen LogP contribution in [0.5, 0.6) is 0 Å². The van der Waals surface area contributed by atoms with Crippen molar-refractivity contribution >= 4 is 17.8 Å². The quantitative estimate of drug-likeness (QED) is 0.774. The van der Waals surface area contributed by atoms with E-state index in [1.165, 1.54) is 20.3 Å². The zero-order chi connectivity index (χ0) is 19.6. The number of rotatable bonds is 4. The average molecular weight is 367 g/mol. The molecule has 0 aliphatic carbocycles. The summed E-state index contributed by atoms with van der Waals surface area (Å²) in [4.78, 5) is 28.8. The van der Waals surface area contributed by atoms with E-state index in [1.807, 2.05) is 38.1 Å². The predicted molar refractivity (Wildman–Crippen MR) is 101 cm³/mol. The molecule has 6 heteroatoms. The van der Waals surface area contributed by atoms with Crippen molar-refractivity contribution in [2.24, 2.45) is 4.99 Å². The molecule has 1 aliphatic heterocycles. The number of esters is 2. The third-order valence-corrected chi connectivity index (χ3v) is 4.21. The van der Waals surface area contributed by atoms with E-state index in [4.69, 9.17) is 14.2 Å². The van der Waals surface area contributed by atoms with E-state index in [9.17, 15) is 9.59 Å². The molecule has 2 aromatic rings. The molecule has 0 saturated carbocycles. The Labute approximate surface area is 157 Å². The van der Waals surface area contributed by atoms with Crippen molar-refractivity contribution in [2.45, 2.75) is 19.4 Å². The standard InChI is InChI=1S/C21H21NO5/c1-21(2)12-27-18(22-21)17-8-6-5-7-16(17)13-9-14(19(23)25-3)11-15(10-13)20(24)26-4/h5-11H,12H2,1-4H3. The van der Waals surface area contributed by atoms with Crippen molar-refractivity contribution in [3.05, 3.63) is 59.2 Å². The number of hydrogen-bond acceptors (Lipinski definition) is 6. The van der Waals surface area contributed by atoms with Crippen molar-refractivity contribution in [3.8, 4) is 11.1 Å². The van der Waals surface area contributed by atoms with Gasteiger partial charge in [0, 0.05) is 5.56 Å². The number of carbonyl (C=O) groups is 2. The van der Waals surface area contributed by atoms with Crippen LogP contribution in [0.1, 0.15) is 40.1 Å². The number of carbonyl (C=O) groups excluding carboxylic acids is 2. The molecule has 6 nitrogen and oxygen atoms in total. The van der Waals surface area contributed by atoms with Crippen LogP contribution < -0.4 is 0 Å². The molecule has 0 saturated heterocycles. The summed E-state index contributed by atoms with van der Waals surface area (Å²) < 4.78 is 15.4. The molecular formula is C21H21NO5. The zero-order valence-electron chi connectivity index (χ0n) is 15.7. The fourth-order valence-corrected chi connectivity index (χ4v) is 2.90. The second-order valence-electron chi connectivity index (χ2n) is 6.85. The minimum Gasteiger partial charge on any atom is -0.475 e. The Hall–Kier alpha value is -3.15. The van der Waals surface area contributed by atoms with Gasteiger partial charge in [-0.2, -0.15) is 0 Å². The minimum atomic E-state index is -0.532. The minimum absolute atomic E-state index is 0.264. The topological polar surface area (TPSA) is 74.2 Å². The summed E-state index contributed by atoms with van der Waals surface area (Å²) in [5.74, 6) is -0.524. The smallest absolute Gasteiger partial charge is 0.337 e. The zero-order valence-corrected chi connectivity index (χ0v) is 15.7. The van der Waals surface area contributed by atoms with Gasteiger partial charge in [0.1, 0.15) is 6.61 Å². The first-order valence-corrected chi connectivity index (χ1v) is 8.49. The Morgan fingerprint density at radius 1 is 0.963 bits per heavy atom. The first-order valence-electron chi connectivity index (χ1n) is 8.49. The molecule has 3 rings (SSSR count). The summed E-state index contributed by atoms with van der Waals surface area (Å²) in [5.41, 5.74) is 2.49. The largest absolute Gasteiger partial charge is 0.475 e. The number of nitrogens with zero attached hydrogens (tertiary/aromatic N) is 1. The van der Waals surface area contributed by atoms with E-state index in [2.05, 4.69) is 4.99 Å². The number of aliphatic imine (C=N–C) groups is 1. The lowest BCUT2D eigenvalue weighted by molar-refractivity contribution is 0.0599. The fourth-order valence-electron chi connectivity index (χ4n) is 2.90. The van der Waals surface area contributed by atoms with Crippen LogP contribution in [0.15, 0.2) is 47.5 Å². The molecular weight excluding hydrogens is 346 g/mol. The van der Waals surface area contributed by atoms with Gasteiger partial charge in [0.15, 0.2) is 0 Å². The van der Waals surface area contributed by atoms with Gasteiger partial charge in [-0.15, -0.1) is 0 Å². The van der Waals surface area contributed by atoms with E-state index in [-0.39, 0.29) is 16.7 Å². The maximum atomic E-state index is 12.1. The molecule has 1 heterocycles. The fraction of sp³-hybridized carbons (Fsp3) is 0.286. The number of benzene rings is 2. The highest BCUT2D eigenvalue weighted by Gasteiger charge is 2.28. The lowest BCUT2D eigenvalue weighted by atomic mass is 9.95. The SMILES string of the molecule is COC(=O)c1cc(C(=O)OC)cc(-c2ccccc2C2=NC(C)(C)CO2)c1. The molecule has 0 fully saturated rings. The van der Waals surface area contributed by atoms with Gasteiger partial charge in [-0.1, -0.05) is 18.2 Å². The molecule has 140 valence electrons. The predicted octanol–water partition coefficient (Wildman–Crippen LogP) is 3.48. The highest BCUT2D eigenvalue weighted by atomic mass is 16.5. The molecule has 0 unspecified atom stereocenters. The van der Waals surface area contributed by atoms with Gasteiger partial charge < -0.3 is 14.2 Å². The van der Waals surface area contributed by atoms with Gasteiger partial charge in [-0.05, 0) is 49.2 Å². The lowest BCUT2D eigenvalue weighted by Crippen LogP contribution is -2.17. The van der Waals surface area contributed by atoms with E-state index in [0.29, 0.717) is 18.1 Å². The van der Waals surface area contributed by atoms with E-state index < -0.39 is 11.9 Å². The molecule has 0 aromatic heterocycles. The summed E-state index contributed by atoms with van der Waals surface area (Å²) in [6.07, 6.45) is 0. The third-order valence-electron chi connectivity index (χ3n) is 4.21. The van der Waals surface area contributed by atoms with Crippen LogP contribution in [0.3, 0.4) is 0 Å². The van der Waals surface area contributed by atoms with Crippen molar-refractivity contribution < 1.29 is 23.8 Å². The monoisotopic (exact) mass is 367 g/mol. The highest BCUT2D eigenvalue weighted by molar-refractivity contribution is 6.03. The van der Waals surface area contributed by atoms with E-state index >= 15 is 0 Å². The first kappa shape index (κ1) is 18.6. The van der Waals surface area contributed by atoms with Gasteiger partial charge in [-0.25, -0.2) is 14.6 Å². The number of hydrogen-bond donors (Lipinski definition) is 0. The molecule has 2 aromatic carbocycles. The molecule has 0 spiro atoms. The Balaban J connectivity index is 2.17. The van der Waals surface area contributed by atoms with E-state index in [0.717, 1.165) is 11.1 Å². The van der Waals surface area contributed by atoms with Crippen LogP contribution in [0.2, 0.25) is 0 Å². The molecule has 0 amide bonds. The van der Waals surface area contributed by atoms with Crippen molar-refractivity contribution in [2.75, 3.05) is 20.8 Å². The second-order valence-corrected chi connectivity index (χ2v) is 6.85. The van der Waals surface area contributed by atoms with Crippen LogP contribution in [-0.4, -0.2) is 44.2 Å². The van der Waals surface area contributed by atoms with Crippen LogP contribution in [0.25, 0.3) is 11.1 Å². The summed E-state index contributed by atoms with van der Waals surface area (Å²) in [6.45, 7) is 4.48. The Bertz CT molecular complexity index is 896. The van der Waals surface area contributed by atoms with Gasteiger partial charge in [0.2, 0.25) is 5.90 Å². The highest BCUT2D eigenvalue weighted by Crippen LogP contribution is 2.30. The summed E-state index contributed by atoms with van der Waals surface area (Å²) in [5, 5.41) is 0. The Morgan fingerprint density at radius 3 is 2.00 bits per heavy atom. The Kier molecular flexibility index (Phi) is 4.99. The van der Waals surface area contributed by atoms with Crippen LogP contribution >= 0.6 is 0 Å². The molecule has 0 radical (unpaired) electrons. The van der Waals surface area contributed by atoms with Crippen molar-refractivity contribution in [3.63, 3.8) is 0 Å². The average Bonchev–Trinajstić information content (AvgIpc) is 3.05. The third kappa shape index (κ3) is 3.84. The molecule has 1 aliphatic rings. The van der Waals surface area contributed by atoms with Crippen LogP contribution in [-0.2, 0) is 14.2 Å². The van der Waals surface area contributed by atoms with Crippen LogP contribution in [0, 0.1) is 0 Å². The van der Waals surface area contributed by atoms with Crippen LogP contribution in [0.4, 0.5) is 0 Å². The molecule has 0 N–H and O–H groups in total. The van der Waals surface area contributed by atoms with Gasteiger partial charge in [0.25, 0.3) is 0 Å². The number of methoxy groups -OCH3 is 2. The van der Waals surface area contributed by atoms with E-state index in [1.54, 1.807) is 12.1 Å². The summed E-state index contributed by atoms with van der Waals surface area (Å²) in [6, 6.07) is 12.4. The molecule has 27 heavy (non-hydrogen) atoms. The van der Waals surface area contributed by atoms with Crippen molar-refractivity contribution in [1.29, 1.82) is 0 Å². The van der Waals surface area contributed by atoms with Gasteiger partial charge >= 0.3 is 11.9 Å².